The maximum absolute atomic E-state index is 9.53. The summed E-state index contributed by atoms with van der Waals surface area (Å²) in [6, 6.07) is 8.56. The molecule has 0 unspecified atom stereocenters. The summed E-state index contributed by atoms with van der Waals surface area (Å²) in [6.07, 6.45) is 2.26. The van der Waals surface area contributed by atoms with Gasteiger partial charge in [0, 0.05) is 6.54 Å². The summed E-state index contributed by atoms with van der Waals surface area (Å²) in [4.78, 5) is 2.29. The first-order chi connectivity index (χ1) is 10.1. The van der Waals surface area contributed by atoms with Crippen molar-refractivity contribution >= 4 is 0 Å². The molecule has 0 amide bonds. The zero-order valence-corrected chi connectivity index (χ0v) is 12.8. The molecule has 0 radical (unpaired) electrons. The molecule has 0 N–H and O–H groups in total. The summed E-state index contributed by atoms with van der Waals surface area (Å²) in [6.45, 7) is 7.37. The lowest BCUT2D eigenvalue weighted by Gasteiger charge is -2.42. The van der Waals surface area contributed by atoms with Gasteiger partial charge in [0.15, 0.2) is 11.5 Å². The molecule has 1 aromatic carbocycles. The monoisotopic (exact) mass is 286 g/mol. The third kappa shape index (κ3) is 2.84. The Morgan fingerprint density at radius 1 is 1.29 bits per heavy atom. The molecule has 1 atom stereocenters. The van der Waals surface area contributed by atoms with Crippen molar-refractivity contribution in [2.75, 3.05) is 19.8 Å². The van der Waals surface area contributed by atoms with E-state index in [0.717, 1.165) is 37.4 Å². The number of fused-ring (bicyclic) bond motifs is 1. The fraction of sp³-hybridized carbons (Fsp3) is 0.588. The molecule has 1 fully saturated rings. The van der Waals surface area contributed by atoms with Gasteiger partial charge in [0.1, 0.15) is 19.3 Å². The minimum Gasteiger partial charge on any atom is -0.486 e. The molecule has 1 aromatic rings. The van der Waals surface area contributed by atoms with E-state index in [0.29, 0.717) is 13.2 Å². The van der Waals surface area contributed by atoms with Gasteiger partial charge in [-0.25, -0.2) is 0 Å². The zero-order chi connectivity index (χ0) is 14.9. The predicted molar refractivity (Wildman–Crippen MR) is 80.3 cm³/mol. The van der Waals surface area contributed by atoms with E-state index in [4.69, 9.17) is 9.47 Å². The summed E-state index contributed by atoms with van der Waals surface area (Å²) >= 11 is 0. The largest absolute Gasteiger partial charge is 0.486 e. The first-order valence-corrected chi connectivity index (χ1v) is 7.62. The number of rotatable bonds is 2. The summed E-state index contributed by atoms with van der Waals surface area (Å²) in [7, 11) is 0. The maximum atomic E-state index is 9.53. The van der Waals surface area contributed by atoms with Crippen molar-refractivity contribution in [3.05, 3.63) is 23.8 Å². The normalized spacial score (nSPS) is 24.3. The second-order valence-corrected chi connectivity index (χ2v) is 6.57. The van der Waals surface area contributed by atoms with Gasteiger partial charge in [0.05, 0.1) is 6.07 Å². The third-order valence-corrected chi connectivity index (χ3v) is 4.49. The van der Waals surface area contributed by atoms with Crippen molar-refractivity contribution in [3.8, 4) is 17.6 Å². The van der Waals surface area contributed by atoms with Gasteiger partial charge < -0.3 is 9.47 Å². The van der Waals surface area contributed by atoms with Crippen LogP contribution in [0.15, 0.2) is 18.2 Å². The van der Waals surface area contributed by atoms with E-state index < -0.39 is 0 Å². The van der Waals surface area contributed by atoms with Gasteiger partial charge in [-0.15, -0.1) is 0 Å². The molecule has 1 saturated heterocycles. The Morgan fingerprint density at radius 2 is 2.05 bits per heavy atom. The number of piperidine rings is 1. The summed E-state index contributed by atoms with van der Waals surface area (Å²) in [5.74, 6) is 1.64. The first kappa shape index (κ1) is 14.2. The molecule has 21 heavy (non-hydrogen) atoms. The van der Waals surface area contributed by atoms with Gasteiger partial charge in [-0.1, -0.05) is 19.9 Å². The van der Waals surface area contributed by atoms with E-state index in [1.165, 1.54) is 5.56 Å². The molecule has 0 saturated carbocycles. The van der Waals surface area contributed by atoms with Crippen LogP contribution in [0.3, 0.4) is 0 Å². The highest BCUT2D eigenvalue weighted by Gasteiger charge is 2.37. The molecule has 4 nitrogen and oxygen atoms in total. The fourth-order valence-corrected chi connectivity index (χ4v) is 3.35. The van der Waals surface area contributed by atoms with E-state index in [-0.39, 0.29) is 11.5 Å². The van der Waals surface area contributed by atoms with Crippen LogP contribution in [0, 0.1) is 16.7 Å². The quantitative estimate of drug-likeness (QED) is 0.838. The van der Waals surface area contributed by atoms with E-state index in [1.54, 1.807) is 0 Å². The molecule has 112 valence electrons. The minimum absolute atomic E-state index is 0.0283. The fourth-order valence-electron chi connectivity index (χ4n) is 3.35. The van der Waals surface area contributed by atoms with Gasteiger partial charge in [-0.2, -0.15) is 5.26 Å². The van der Waals surface area contributed by atoms with Crippen LogP contribution in [0.5, 0.6) is 11.5 Å². The highest BCUT2D eigenvalue weighted by Crippen LogP contribution is 2.36. The van der Waals surface area contributed by atoms with Gasteiger partial charge in [0.25, 0.3) is 0 Å². The van der Waals surface area contributed by atoms with Crippen molar-refractivity contribution < 1.29 is 9.47 Å². The van der Waals surface area contributed by atoms with E-state index >= 15 is 0 Å². The zero-order valence-electron chi connectivity index (χ0n) is 12.8. The summed E-state index contributed by atoms with van der Waals surface area (Å²) < 4.78 is 11.2. The van der Waals surface area contributed by atoms with Crippen molar-refractivity contribution in [1.82, 2.24) is 4.90 Å². The van der Waals surface area contributed by atoms with Crippen molar-refractivity contribution in [2.45, 2.75) is 39.3 Å². The Bertz CT molecular complexity index is 562. The number of ether oxygens (including phenoxy) is 2. The molecule has 0 spiro atoms. The standard InChI is InChI=1S/C17H22N2O2/c1-17(2)6-3-7-19(16(17)11-18)12-13-4-5-14-15(10-13)21-9-8-20-14/h4-5,10,16H,3,6-9,12H2,1-2H3/t16-/m1/s1. The topological polar surface area (TPSA) is 45.5 Å². The number of hydrogen-bond acceptors (Lipinski definition) is 4. The molecule has 0 aromatic heterocycles. The van der Waals surface area contributed by atoms with Crippen LogP contribution in [0.4, 0.5) is 0 Å². The van der Waals surface area contributed by atoms with Crippen molar-refractivity contribution in [2.24, 2.45) is 5.41 Å². The third-order valence-electron chi connectivity index (χ3n) is 4.49. The Hall–Kier alpha value is -1.73. The Kier molecular flexibility index (Phi) is 3.77. The average molecular weight is 286 g/mol. The van der Waals surface area contributed by atoms with Crippen LogP contribution in [0.25, 0.3) is 0 Å². The number of nitriles is 1. The van der Waals surface area contributed by atoms with Crippen LogP contribution in [-0.4, -0.2) is 30.7 Å². The number of nitrogens with zero attached hydrogens (tertiary/aromatic N) is 2. The second kappa shape index (κ2) is 5.57. The average Bonchev–Trinajstić information content (AvgIpc) is 2.46. The van der Waals surface area contributed by atoms with Gasteiger partial charge in [-0.3, -0.25) is 4.90 Å². The molecule has 0 bridgehead atoms. The Labute approximate surface area is 126 Å². The SMILES string of the molecule is CC1(C)CCCN(Cc2ccc3c(c2)OCCO3)[C@@H]1C#N. The molecule has 0 aliphatic carbocycles. The summed E-state index contributed by atoms with van der Waals surface area (Å²) in [5.41, 5.74) is 1.23. The molecular formula is C17H22N2O2. The maximum Gasteiger partial charge on any atom is 0.161 e. The van der Waals surface area contributed by atoms with Crippen LogP contribution in [-0.2, 0) is 6.54 Å². The van der Waals surface area contributed by atoms with Gasteiger partial charge in [0.2, 0.25) is 0 Å². The molecule has 2 heterocycles. The van der Waals surface area contributed by atoms with E-state index in [2.05, 4.69) is 30.9 Å². The minimum atomic E-state index is -0.0283. The van der Waals surface area contributed by atoms with Crippen molar-refractivity contribution in [3.63, 3.8) is 0 Å². The number of hydrogen-bond donors (Lipinski definition) is 0. The van der Waals surface area contributed by atoms with Crippen LogP contribution in [0.2, 0.25) is 0 Å². The number of benzene rings is 1. The summed E-state index contributed by atoms with van der Waals surface area (Å²) in [5, 5.41) is 9.53. The molecule has 4 heteroatoms. The van der Waals surface area contributed by atoms with Gasteiger partial charge >= 0.3 is 0 Å². The smallest absolute Gasteiger partial charge is 0.161 e. The molecule has 3 rings (SSSR count). The highest BCUT2D eigenvalue weighted by molar-refractivity contribution is 5.43. The van der Waals surface area contributed by atoms with Crippen molar-refractivity contribution in [1.29, 1.82) is 5.26 Å². The Morgan fingerprint density at radius 3 is 2.81 bits per heavy atom. The van der Waals surface area contributed by atoms with Crippen LogP contribution >= 0.6 is 0 Å². The van der Waals surface area contributed by atoms with Gasteiger partial charge in [-0.05, 0) is 42.5 Å². The highest BCUT2D eigenvalue weighted by atomic mass is 16.6. The van der Waals surface area contributed by atoms with Crippen LogP contribution in [0.1, 0.15) is 32.3 Å². The first-order valence-electron chi connectivity index (χ1n) is 7.62. The number of likely N-dealkylation sites (tertiary alicyclic amines) is 1. The van der Waals surface area contributed by atoms with Crippen LogP contribution < -0.4 is 9.47 Å². The molecule has 2 aliphatic rings. The molecular weight excluding hydrogens is 264 g/mol. The lowest BCUT2D eigenvalue weighted by molar-refractivity contribution is 0.0660. The lowest BCUT2D eigenvalue weighted by atomic mass is 9.77. The Balaban J connectivity index is 1.78. The van der Waals surface area contributed by atoms with E-state index in [9.17, 15) is 5.26 Å². The second-order valence-electron chi connectivity index (χ2n) is 6.57. The predicted octanol–water partition coefficient (Wildman–Crippen LogP) is 2.97. The van der Waals surface area contributed by atoms with E-state index in [1.807, 2.05) is 12.1 Å². The molecule has 2 aliphatic heterocycles. The lowest BCUT2D eigenvalue weighted by Crippen LogP contribution is -2.48.